The first-order valence-electron chi connectivity index (χ1n) is 6.52. The van der Waals surface area contributed by atoms with Gasteiger partial charge in [-0.25, -0.2) is 0 Å². The van der Waals surface area contributed by atoms with Crippen LogP contribution in [-0.4, -0.2) is 12.9 Å². The van der Waals surface area contributed by atoms with Gasteiger partial charge in [0.05, 0.1) is 17.1 Å². The van der Waals surface area contributed by atoms with Crippen LogP contribution in [0.1, 0.15) is 48.0 Å². The molecule has 1 aliphatic carbocycles. The molecular weight excluding hydrogens is 292 g/mol. The Morgan fingerprint density at radius 1 is 1.28 bits per heavy atom. The first kappa shape index (κ1) is 13.6. The fourth-order valence-electron chi connectivity index (χ4n) is 2.70. The van der Waals surface area contributed by atoms with E-state index in [0.29, 0.717) is 5.75 Å². The molecule has 0 N–H and O–H groups in total. The molecule has 3 heteroatoms. The molecule has 0 radical (unpaired) electrons. The topological polar surface area (TPSA) is 26.3 Å². The fourth-order valence-corrected chi connectivity index (χ4v) is 3.44. The summed E-state index contributed by atoms with van der Waals surface area (Å²) in [5.74, 6) is 1.11. The number of carbonyl (C=O) groups is 1. The van der Waals surface area contributed by atoms with E-state index in [0.717, 1.165) is 28.4 Å². The van der Waals surface area contributed by atoms with E-state index in [1.54, 1.807) is 7.11 Å². The maximum Gasteiger partial charge on any atom is 0.169 e. The number of carbonyl (C=O) groups excluding carboxylic acids is 1. The number of methoxy groups -OCH3 is 1. The summed E-state index contributed by atoms with van der Waals surface area (Å²) >= 11 is 3.47. The van der Waals surface area contributed by atoms with E-state index in [1.807, 2.05) is 19.1 Å². The molecular formula is C15H19BrO2. The van der Waals surface area contributed by atoms with Crippen molar-refractivity contribution < 1.29 is 9.53 Å². The summed E-state index contributed by atoms with van der Waals surface area (Å²) in [6.07, 6.45) is 5.65. The highest BCUT2D eigenvalue weighted by molar-refractivity contribution is 9.10. The Bertz CT molecular complexity index is 448. The van der Waals surface area contributed by atoms with Gasteiger partial charge < -0.3 is 4.74 Å². The molecule has 0 bridgehead atoms. The average molecular weight is 311 g/mol. The minimum atomic E-state index is 0.182. The highest BCUT2D eigenvalue weighted by Gasteiger charge is 2.25. The number of hydrogen-bond donors (Lipinski definition) is 0. The van der Waals surface area contributed by atoms with Crippen molar-refractivity contribution in [2.45, 2.75) is 39.0 Å². The lowest BCUT2D eigenvalue weighted by Crippen LogP contribution is -2.18. The zero-order chi connectivity index (χ0) is 13.1. The summed E-state index contributed by atoms with van der Waals surface area (Å²) in [4.78, 5) is 12.6. The zero-order valence-corrected chi connectivity index (χ0v) is 12.5. The summed E-state index contributed by atoms with van der Waals surface area (Å²) < 4.78 is 6.24. The van der Waals surface area contributed by atoms with E-state index >= 15 is 0 Å². The lowest BCUT2D eigenvalue weighted by molar-refractivity contribution is 0.0886. The third kappa shape index (κ3) is 2.77. The van der Waals surface area contributed by atoms with Crippen LogP contribution in [0.3, 0.4) is 0 Å². The molecule has 0 atom stereocenters. The van der Waals surface area contributed by atoms with E-state index in [4.69, 9.17) is 4.74 Å². The molecule has 2 rings (SSSR count). The van der Waals surface area contributed by atoms with Crippen LogP contribution in [0.15, 0.2) is 16.6 Å². The third-order valence-corrected chi connectivity index (χ3v) is 4.22. The number of benzene rings is 1. The summed E-state index contributed by atoms with van der Waals surface area (Å²) in [5, 5.41) is 0. The molecule has 98 valence electrons. The molecule has 18 heavy (non-hydrogen) atoms. The molecule has 2 nitrogen and oxygen atoms in total. The monoisotopic (exact) mass is 310 g/mol. The van der Waals surface area contributed by atoms with Crippen LogP contribution in [-0.2, 0) is 0 Å². The van der Waals surface area contributed by atoms with E-state index in [1.165, 1.54) is 19.3 Å². The van der Waals surface area contributed by atoms with Gasteiger partial charge in [0.15, 0.2) is 5.78 Å². The maximum atomic E-state index is 12.6. The first-order chi connectivity index (χ1) is 8.63. The molecule has 0 aliphatic heterocycles. The first-order valence-corrected chi connectivity index (χ1v) is 7.31. The molecule has 0 unspecified atom stereocenters. The van der Waals surface area contributed by atoms with E-state index in [-0.39, 0.29) is 11.7 Å². The molecule has 0 amide bonds. The zero-order valence-electron chi connectivity index (χ0n) is 11.0. The summed E-state index contributed by atoms with van der Waals surface area (Å²) in [6, 6.07) is 3.93. The molecule has 1 aliphatic rings. The quantitative estimate of drug-likeness (QED) is 0.767. The summed E-state index contributed by atoms with van der Waals surface area (Å²) in [6.45, 7) is 2.00. The Labute approximate surface area is 117 Å². The number of ketones is 1. The van der Waals surface area contributed by atoms with Gasteiger partial charge in [0.25, 0.3) is 0 Å². The van der Waals surface area contributed by atoms with E-state index in [9.17, 15) is 4.79 Å². The van der Waals surface area contributed by atoms with Gasteiger partial charge in [0.2, 0.25) is 0 Å². The SMILES string of the molecule is COc1c(Br)cc(C)cc1C(=O)C1CCCCC1. The Morgan fingerprint density at radius 2 is 1.94 bits per heavy atom. The van der Waals surface area contributed by atoms with E-state index in [2.05, 4.69) is 15.9 Å². The molecule has 1 fully saturated rings. The van der Waals surface area contributed by atoms with Gasteiger partial charge >= 0.3 is 0 Å². The van der Waals surface area contributed by atoms with Crippen LogP contribution in [0.4, 0.5) is 0 Å². The normalized spacial score (nSPS) is 16.6. The van der Waals surface area contributed by atoms with Crippen molar-refractivity contribution in [3.05, 3.63) is 27.7 Å². The van der Waals surface area contributed by atoms with Crippen molar-refractivity contribution in [3.63, 3.8) is 0 Å². The number of rotatable bonds is 3. The average Bonchev–Trinajstić information content (AvgIpc) is 2.38. The van der Waals surface area contributed by atoms with Crippen molar-refractivity contribution in [1.82, 2.24) is 0 Å². The highest BCUT2D eigenvalue weighted by atomic mass is 79.9. The Balaban J connectivity index is 2.33. The maximum absolute atomic E-state index is 12.6. The minimum absolute atomic E-state index is 0.182. The minimum Gasteiger partial charge on any atom is -0.495 e. The largest absolute Gasteiger partial charge is 0.495 e. The lowest BCUT2D eigenvalue weighted by Gasteiger charge is -2.21. The molecule has 1 aromatic carbocycles. The second-order valence-corrected chi connectivity index (χ2v) is 5.88. The predicted molar refractivity (Wildman–Crippen MR) is 76.3 cm³/mol. The number of halogens is 1. The van der Waals surface area contributed by atoms with Crippen LogP contribution in [0.2, 0.25) is 0 Å². The van der Waals surface area contributed by atoms with Gasteiger partial charge in [-0.2, -0.15) is 0 Å². The third-order valence-electron chi connectivity index (χ3n) is 3.63. The Morgan fingerprint density at radius 3 is 2.56 bits per heavy atom. The van der Waals surface area contributed by atoms with Crippen LogP contribution in [0.5, 0.6) is 5.75 Å². The molecule has 1 aromatic rings. The number of ether oxygens (including phenoxy) is 1. The van der Waals surface area contributed by atoms with Crippen molar-refractivity contribution in [2.24, 2.45) is 5.92 Å². The van der Waals surface area contributed by atoms with Gasteiger partial charge in [0.1, 0.15) is 5.75 Å². The lowest BCUT2D eigenvalue weighted by atomic mass is 9.83. The Hall–Kier alpha value is -0.830. The highest BCUT2D eigenvalue weighted by Crippen LogP contribution is 2.35. The van der Waals surface area contributed by atoms with Crippen LogP contribution < -0.4 is 4.74 Å². The number of Topliss-reactive ketones (excluding diaryl/α,β-unsaturated/α-hetero) is 1. The second kappa shape index (κ2) is 5.87. The summed E-state index contributed by atoms with van der Waals surface area (Å²) in [7, 11) is 1.62. The number of aryl methyl sites for hydroxylation is 1. The van der Waals surface area contributed by atoms with Gasteiger partial charge in [-0.3, -0.25) is 4.79 Å². The van der Waals surface area contributed by atoms with Crippen molar-refractivity contribution in [3.8, 4) is 5.75 Å². The summed E-state index contributed by atoms with van der Waals surface area (Å²) in [5.41, 5.74) is 1.82. The molecule has 0 spiro atoms. The second-order valence-electron chi connectivity index (χ2n) is 5.03. The van der Waals surface area contributed by atoms with Gasteiger partial charge in [-0.1, -0.05) is 19.3 Å². The smallest absolute Gasteiger partial charge is 0.169 e. The van der Waals surface area contributed by atoms with Crippen molar-refractivity contribution in [2.75, 3.05) is 7.11 Å². The van der Waals surface area contributed by atoms with Gasteiger partial charge in [0, 0.05) is 5.92 Å². The van der Waals surface area contributed by atoms with Gasteiger partial charge in [-0.05, 0) is 53.4 Å². The molecule has 0 saturated heterocycles. The van der Waals surface area contributed by atoms with Crippen LogP contribution in [0, 0.1) is 12.8 Å². The predicted octanol–water partition coefficient (Wildman–Crippen LogP) is 4.53. The van der Waals surface area contributed by atoms with Gasteiger partial charge in [-0.15, -0.1) is 0 Å². The van der Waals surface area contributed by atoms with Crippen LogP contribution in [0.25, 0.3) is 0 Å². The molecule has 0 heterocycles. The molecule has 0 aromatic heterocycles. The van der Waals surface area contributed by atoms with Crippen LogP contribution >= 0.6 is 15.9 Å². The van der Waals surface area contributed by atoms with Crippen molar-refractivity contribution in [1.29, 1.82) is 0 Å². The standard InChI is InChI=1S/C15H19BrO2/c1-10-8-12(15(18-2)13(16)9-10)14(17)11-6-4-3-5-7-11/h8-9,11H,3-7H2,1-2H3. The van der Waals surface area contributed by atoms with Crippen molar-refractivity contribution >= 4 is 21.7 Å². The van der Waals surface area contributed by atoms with E-state index < -0.39 is 0 Å². The Kier molecular flexibility index (Phi) is 4.44. The molecule has 1 saturated carbocycles. The fraction of sp³-hybridized carbons (Fsp3) is 0.533. The number of hydrogen-bond acceptors (Lipinski definition) is 2.